The Kier molecular flexibility index (Phi) is 5.34. The molecule has 1 aliphatic carbocycles. The normalized spacial score (nSPS) is 17.6. The first-order valence-electron chi connectivity index (χ1n) is 7.82. The predicted molar refractivity (Wildman–Crippen MR) is 88.8 cm³/mol. The molecule has 1 N–H and O–H groups in total. The minimum Gasteiger partial charge on any atom is -0.384 e. The molecular formula is C17H27ClN2. The van der Waals surface area contributed by atoms with Crippen LogP contribution in [0.25, 0.3) is 0 Å². The molecular weight excluding hydrogens is 268 g/mol. The fraction of sp³-hybridized carbons (Fsp3) is 0.647. The summed E-state index contributed by atoms with van der Waals surface area (Å²) in [4.78, 5) is 2.65. The first-order chi connectivity index (χ1) is 9.24. The van der Waals surface area contributed by atoms with Crippen molar-refractivity contribution in [3.8, 4) is 0 Å². The van der Waals surface area contributed by atoms with Crippen LogP contribution in [0.4, 0.5) is 5.69 Å². The van der Waals surface area contributed by atoms with Crippen LogP contribution in [-0.2, 0) is 13.0 Å². The fourth-order valence-electron chi connectivity index (χ4n) is 3.23. The molecule has 0 saturated heterocycles. The predicted octanol–water partition coefficient (Wildman–Crippen LogP) is 4.09. The lowest BCUT2D eigenvalue weighted by Gasteiger charge is -2.35. The number of hydrogen-bond donors (Lipinski definition) is 1. The van der Waals surface area contributed by atoms with Gasteiger partial charge in [0.1, 0.15) is 0 Å². The van der Waals surface area contributed by atoms with Gasteiger partial charge < -0.3 is 5.32 Å². The maximum atomic E-state index is 3.57. The SMILES string of the molecule is CC(C)N(Cc1cccc2c1NCC2)CC1CCC1.Cl. The van der Waals surface area contributed by atoms with Gasteiger partial charge in [0.15, 0.2) is 0 Å². The first kappa shape index (κ1) is 15.7. The second-order valence-electron chi connectivity index (χ2n) is 6.45. The second kappa shape index (κ2) is 6.82. The van der Waals surface area contributed by atoms with Crippen molar-refractivity contribution < 1.29 is 0 Å². The topological polar surface area (TPSA) is 15.3 Å². The molecule has 2 aliphatic rings. The fourth-order valence-corrected chi connectivity index (χ4v) is 3.23. The third-order valence-electron chi connectivity index (χ3n) is 4.75. The van der Waals surface area contributed by atoms with E-state index in [1.165, 1.54) is 49.0 Å². The summed E-state index contributed by atoms with van der Waals surface area (Å²) in [5.74, 6) is 0.951. The largest absolute Gasteiger partial charge is 0.384 e. The van der Waals surface area contributed by atoms with E-state index in [2.05, 4.69) is 42.3 Å². The molecule has 3 rings (SSSR count). The Hall–Kier alpha value is -0.730. The molecule has 0 unspecified atom stereocenters. The lowest BCUT2D eigenvalue weighted by molar-refractivity contribution is 0.140. The Morgan fingerprint density at radius 2 is 2.10 bits per heavy atom. The highest BCUT2D eigenvalue weighted by Gasteiger charge is 2.23. The Morgan fingerprint density at radius 3 is 2.75 bits per heavy atom. The number of nitrogens with one attached hydrogen (secondary N) is 1. The van der Waals surface area contributed by atoms with Gasteiger partial charge in [0.05, 0.1) is 0 Å². The van der Waals surface area contributed by atoms with E-state index in [0.717, 1.165) is 19.0 Å². The molecule has 1 fully saturated rings. The lowest BCUT2D eigenvalue weighted by atomic mass is 9.85. The third kappa shape index (κ3) is 3.29. The molecule has 20 heavy (non-hydrogen) atoms. The second-order valence-corrected chi connectivity index (χ2v) is 6.45. The van der Waals surface area contributed by atoms with Crippen molar-refractivity contribution in [3.63, 3.8) is 0 Å². The van der Waals surface area contributed by atoms with E-state index in [1.807, 2.05) is 0 Å². The highest BCUT2D eigenvalue weighted by Crippen LogP contribution is 2.31. The number of hydrogen-bond acceptors (Lipinski definition) is 2. The van der Waals surface area contributed by atoms with Crippen molar-refractivity contribution in [1.82, 2.24) is 4.90 Å². The summed E-state index contributed by atoms with van der Waals surface area (Å²) in [6.07, 6.45) is 5.51. The van der Waals surface area contributed by atoms with Gasteiger partial charge in [0, 0.05) is 31.4 Å². The van der Waals surface area contributed by atoms with Crippen LogP contribution in [0.1, 0.15) is 44.2 Å². The summed E-state index contributed by atoms with van der Waals surface area (Å²) in [7, 11) is 0. The molecule has 0 radical (unpaired) electrons. The van der Waals surface area contributed by atoms with Gasteiger partial charge >= 0.3 is 0 Å². The zero-order valence-electron chi connectivity index (χ0n) is 12.7. The van der Waals surface area contributed by atoms with E-state index in [4.69, 9.17) is 0 Å². The molecule has 0 spiro atoms. The van der Waals surface area contributed by atoms with E-state index < -0.39 is 0 Å². The number of anilines is 1. The minimum atomic E-state index is 0. The standard InChI is InChI=1S/C17H26N2.ClH/c1-13(2)19(11-14-5-3-6-14)12-16-8-4-7-15-9-10-18-17(15)16;/h4,7-8,13-14,18H,3,5-6,9-12H2,1-2H3;1H. The van der Waals surface area contributed by atoms with E-state index in [-0.39, 0.29) is 12.4 Å². The zero-order chi connectivity index (χ0) is 13.2. The molecule has 1 aromatic rings. The van der Waals surface area contributed by atoms with Gasteiger partial charge in [-0.05, 0) is 50.2 Å². The third-order valence-corrected chi connectivity index (χ3v) is 4.75. The molecule has 3 heteroatoms. The van der Waals surface area contributed by atoms with Crippen LogP contribution in [0.5, 0.6) is 0 Å². The van der Waals surface area contributed by atoms with Gasteiger partial charge in [-0.15, -0.1) is 12.4 Å². The molecule has 1 aromatic carbocycles. The Balaban J connectivity index is 0.00000147. The van der Waals surface area contributed by atoms with Crippen molar-refractivity contribution in [1.29, 1.82) is 0 Å². The average Bonchev–Trinajstić information content (AvgIpc) is 2.80. The average molecular weight is 295 g/mol. The van der Waals surface area contributed by atoms with Gasteiger partial charge in [-0.2, -0.15) is 0 Å². The molecule has 1 heterocycles. The van der Waals surface area contributed by atoms with Crippen LogP contribution in [0.2, 0.25) is 0 Å². The molecule has 0 amide bonds. The molecule has 1 aliphatic heterocycles. The maximum absolute atomic E-state index is 3.57. The molecule has 0 aromatic heterocycles. The van der Waals surface area contributed by atoms with Gasteiger partial charge in [-0.25, -0.2) is 0 Å². The smallest absolute Gasteiger partial charge is 0.0419 e. The van der Waals surface area contributed by atoms with Crippen molar-refractivity contribution in [2.75, 3.05) is 18.4 Å². The number of fused-ring (bicyclic) bond motifs is 1. The van der Waals surface area contributed by atoms with E-state index in [0.29, 0.717) is 6.04 Å². The molecule has 2 nitrogen and oxygen atoms in total. The van der Waals surface area contributed by atoms with Crippen LogP contribution >= 0.6 is 12.4 Å². The van der Waals surface area contributed by atoms with Gasteiger partial charge in [-0.1, -0.05) is 24.6 Å². The van der Waals surface area contributed by atoms with E-state index in [1.54, 1.807) is 0 Å². The number of benzene rings is 1. The maximum Gasteiger partial charge on any atom is 0.0419 e. The quantitative estimate of drug-likeness (QED) is 0.880. The number of halogens is 1. The van der Waals surface area contributed by atoms with Crippen LogP contribution in [0.3, 0.4) is 0 Å². The zero-order valence-corrected chi connectivity index (χ0v) is 13.5. The van der Waals surface area contributed by atoms with E-state index >= 15 is 0 Å². The van der Waals surface area contributed by atoms with Gasteiger partial charge in [0.2, 0.25) is 0 Å². The number of rotatable bonds is 5. The Bertz CT molecular complexity index is 441. The van der Waals surface area contributed by atoms with E-state index in [9.17, 15) is 0 Å². The summed E-state index contributed by atoms with van der Waals surface area (Å²) >= 11 is 0. The summed E-state index contributed by atoms with van der Waals surface area (Å²) in [6.45, 7) is 8.15. The number of nitrogens with zero attached hydrogens (tertiary/aromatic N) is 1. The Morgan fingerprint density at radius 1 is 1.30 bits per heavy atom. The van der Waals surface area contributed by atoms with Crippen molar-refractivity contribution >= 4 is 18.1 Å². The summed E-state index contributed by atoms with van der Waals surface area (Å²) in [5.41, 5.74) is 4.41. The van der Waals surface area contributed by atoms with Crippen LogP contribution in [0.15, 0.2) is 18.2 Å². The van der Waals surface area contributed by atoms with Gasteiger partial charge in [0.25, 0.3) is 0 Å². The number of para-hydroxylation sites is 1. The minimum absolute atomic E-state index is 0. The van der Waals surface area contributed by atoms with Gasteiger partial charge in [-0.3, -0.25) is 4.90 Å². The van der Waals surface area contributed by atoms with Crippen molar-refractivity contribution in [2.45, 2.75) is 52.1 Å². The molecule has 0 bridgehead atoms. The monoisotopic (exact) mass is 294 g/mol. The van der Waals surface area contributed by atoms with Crippen LogP contribution in [-0.4, -0.2) is 24.0 Å². The van der Waals surface area contributed by atoms with Crippen LogP contribution < -0.4 is 5.32 Å². The lowest BCUT2D eigenvalue weighted by Crippen LogP contribution is -2.37. The first-order valence-corrected chi connectivity index (χ1v) is 7.82. The molecule has 1 saturated carbocycles. The Labute approximate surface area is 129 Å². The molecule has 0 atom stereocenters. The highest BCUT2D eigenvalue weighted by atomic mass is 35.5. The summed E-state index contributed by atoms with van der Waals surface area (Å²) in [6, 6.07) is 7.43. The molecule has 112 valence electrons. The summed E-state index contributed by atoms with van der Waals surface area (Å²) in [5, 5.41) is 3.57. The highest BCUT2D eigenvalue weighted by molar-refractivity contribution is 5.85. The summed E-state index contributed by atoms with van der Waals surface area (Å²) < 4.78 is 0. The van der Waals surface area contributed by atoms with Crippen molar-refractivity contribution in [3.05, 3.63) is 29.3 Å². The van der Waals surface area contributed by atoms with Crippen molar-refractivity contribution in [2.24, 2.45) is 5.92 Å². The van der Waals surface area contributed by atoms with Crippen LogP contribution in [0, 0.1) is 5.92 Å².